The molecule has 0 radical (unpaired) electrons. The van der Waals surface area contributed by atoms with Crippen LogP contribution in [0.3, 0.4) is 0 Å². The molecule has 1 aromatic heterocycles. The maximum atomic E-state index is 12.6. The molecule has 0 spiro atoms. The Kier molecular flexibility index (Phi) is 4.93. The average Bonchev–Trinajstić information content (AvgIpc) is 3.42. The van der Waals surface area contributed by atoms with Gasteiger partial charge >= 0.3 is 0 Å². The Morgan fingerprint density at radius 2 is 1.82 bits per heavy atom. The van der Waals surface area contributed by atoms with Crippen molar-refractivity contribution in [2.24, 2.45) is 0 Å². The molecule has 2 heterocycles. The van der Waals surface area contributed by atoms with Crippen molar-refractivity contribution in [2.75, 3.05) is 18.4 Å². The van der Waals surface area contributed by atoms with Gasteiger partial charge in [-0.1, -0.05) is 6.07 Å². The lowest BCUT2D eigenvalue weighted by atomic mass is 10.1. The van der Waals surface area contributed by atoms with Crippen molar-refractivity contribution in [2.45, 2.75) is 17.7 Å². The van der Waals surface area contributed by atoms with Crippen molar-refractivity contribution < 1.29 is 17.6 Å². The fourth-order valence-electron chi connectivity index (χ4n) is 3.09. The van der Waals surface area contributed by atoms with Crippen LogP contribution in [0.5, 0.6) is 0 Å². The molecule has 1 saturated heterocycles. The van der Waals surface area contributed by atoms with Crippen molar-refractivity contribution in [3.05, 3.63) is 60.5 Å². The van der Waals surface area contributed by atoms with Crippen LogP contribution in [0.1, 0.15) is 23.2 Å². The van der Waals surface area contributed by atoms with Crippen LogP contribution in [0.4, 0.5) is 5.69 Å². The van der Waals surface area contributed by atoms with E-state index >= 15 is 0 Å². The molecule has 0 unspecified atom stereocenters. The van der Waals surface area contributed by atoms with Gasteiger partial charge < -0.3 is 9.73 Å². The maximum absolute atomic E-state index is 12.6. The molecule has 1 aliphatic rings. The first-order valence-corrected chi connectivity index (χ1v) is 10.3. The molecule has 28 heavy (non-hydrogen) atoms. The topological polar surface area (TPSA) is 105 Å². The monoisotopic (exact) mass is 398 g/mol. The molecular weight excluding hydrogens is 380 g/mol. The first-order valence-electron chi connectivity index (χ1n) is 8.82. The van der Waals surface area contributed by atoms with E-state index in [1.54, 1.807) is 24.3 Å². The first kappa shape index (κ1) is 18.3. The second kappa shape index (κ2) is 7.53. The van der Waals surface area contributed by atoms with E-state index in [0.717, 1.165) is 12.8 Å². The summed E-state index contributed by atoms with van der Waals surface area (Å²) in [6.07, 6.45) is 2.99. The molecule has 1 aliphatic heterocycles. The number of carbonyl (C=O) groups excluding carboxylic acids is 1. The predicted octanol–water partition coefficient (Wildman–Crippen LogP) is 2.77. The minimum absolute atomic E-state index is 0.198. The second-order valence-electron chi connectivity index (χ2n) is 6.41. The summed E-state index contributed by atoms with van der Waals surface area (Å²) in [4.78, 5) is 12.7. The van der Waals surface area contributed by atoms with Gasteiger partial charge in [-0.25, -0.2) is 8.42 Å². The van der Waals surface area contributed by atoms with Crippen LogP contribution in [-0.4, -0.2) is 41.9 Å². The number of hydrogen-bond acceptors (Lipinski definition) is 6. The Balaban J connectivity index is 1.49. The van der Waals surface area contributed by atoms with Gasteiger partial charge in [0.05, 0.1) is 4.90 Å². The van der Waals surface area contributed by atoms with Crippen LogP contribution < -0.4 is 5.32 Å². The van der Waals surface area contributed by atoms with E-state index in [2.05, 4.69) is 15.5 Å². The summed E-state index contributed by atoms with van der Waals surface area (Å²) >= 11 is 0. The zero-order valence-electron chi connectivity index (χ0n) is 14.9. The number of amides is 1. The molecule has 8 nitrogen and oxygen atoms in total. The molecule has 144 valence electrons. The highest BCUT2D eigenvalue weighted by Gasteiger charge is 2.27. The van der Waals surface area contributed by atoms with E-state index in [1.165, 1.54) is 35.0 Å². The number of hydrogen-bond donors (Lipinski definition) is 1. The van der Waals surface area contributed by atoms with Gasteiger partial charge in [0.15, 0.2) is 0 Å². The SMILES string of the molecule is O=C(Nc1cccc(-c2nnco2)c1)c1ccc(S(=O)(=O)N2CCCC2)cc1. The number of aromatic nitrogens is 2. The van der Waals surface area contributed by atoms with Crippen LogP contribution >= 0.6 is 0 Å². The largest absolute Gasteiger partial charge is 0.423 e. The van der Waals surface area contributed by atoms with Crippen LogP contribution in [0.2, 0.25) is 0 Å². The van der Waals surface area contributed by atoms with E-state index in [-0.39, 0.29) is 10.8 Å². The van der Waals surface area contributed by atoms with Gasteiger partial charge in [0.2, 0.25) is 22.3 Å². The number of nitrogens with zero attached hydrogens (tertiary/aromatic N) is 3. The molecule has 0 aliphatic carbocycles. The number of carbonyl (C=O) groups is 1. The standard InChI is InChI=1S/C19H18N4O4S/c24-18(21-16-5-3-4-15(12-16)19-22-20-13-27-19)14-6-8-17(9-7-14)28(25,26)23-10-1-2-11-23/h3-9,12-13H,1-2,10-11H2,(H,21,24). The summed E-state index contributed by atoms with van der Waals surface area (Å²) in [5, 5.41) is 10.3. The molecule has 1 amide bonds. The quantitative estimate of drug-likeness (QED) is 0.708. The fraction of sp³-hybridized carbons (Fsp3) is 0.211. The third-order valence-corrected chi connectivity index (χ3v) is 6.46. The highest BCUT2D eigenvalue weighted by molar-refractivity contribution is 7.89. The lowest BCUT2D eigenvalue weighted by molar-refractivity contribution is 0.102. The molecular formula is C19H18N4O4S. The van der Waals surface area contributed by atoms with E-state index in [9.17, 15) is 13.2 Å². The Hall–Kier alpha value is -3.04. The van der Waals surface area contributed by atoms with Crippen molar-refractivity contribution in [3.63, 3.8) is 0 Å². The highest BCUT2D eigenvalue weighted by Crippen LogP contribution is 2.23. The minimum Gasteiger partial charge on any atom is -0.423 e. The van der Waals surface area contributed by atoms with E-state index in [0.29, 0.717) is 35.8 Å². The van der Waals surface area contributed by atoms with E-state index < -0.39 is 10.0 Å². The zero-order chi connectivity index (χ0) is 19.6. The van der Waals surface area contributed by atoms with Gasteiger partial charge in [0.1, 0.15) is 0 Å². The summed E-state index contributed by atoms with van der Waals surface area (Å²) in [7, 11) is -3.49. The Bertz CT molecular complexity index is 1070. The van der Waals surface area contributed by atoms with E-state index in [1.807, 2.05) is 0 Å². The molecule has 0 saturated carbocycles. The summed E-state index contributed by atoms with van der Waals surface area (Å²) in [5.41, 5.74) is 1.61. The lowest BCUT2D eigenvalue weighted by Crippen LogP contribution is -2.27. The van der Waals surface area contributed by atoms with E-state index in [4.69, 9.17) is 4.42 Å². The number of rotatable bonds is 5. The van der Waals surface area contributed by atoms with Crippen LogP contribution in [-0.2, 0) is 10.0 Å². The van der Waals surface area contributed by atoms with Crippen molar-refractivity contribution in [1.82, 2.24) is 14.5 Å². The van der Waals surface area contributed by atoms with Gasteiger partial charge in [-0.3, -0.25) is 4.79 Å². The molecule has 2 aromatic carbocycles. The number of nitrogens with one attached hydrogen (secondary N) is 1. The summed E-state index contributed by atoms with van der Waals surface area (Å²) in [5.74, 6) is 0.0142. The molecule has 4 rings (SSSR count). The third kappa shape index (κ3) is 3.67. The van der Waals surface area contributed by atoms with Gasteiger partial charge in [-0.2, -0.15) is 4.31 Å². The van der Waals surface area contributed by atoms with Crippen LogP contribution in [0, 0.1) is 0 Å². The van der Waals surface area contributed by atoms with Crippen LogP contribution in [0.25, 0.3) is 11.5 Å². The van der Waals surface area contributed by atoms with Gasteiger partial charge in [0.25, 0.3) is 5.91 Å². The van der Waals surface area contributed by atoms with Gasteiger partial charge in [0, 0.05) is 29.9 Å². The Morgan fingerprint density at radius 1 is 1.07 bits per heavy atom. The Labute approximate surface area is 162 Å². The average molecular weight is 398 g/mol. The second-order valence-corrected chi connectivity index (χ2v) is 8.35. The van der Waals surface area contributed by atoms with Crippen LogP contribution in [0.15, 0.2) is 64.2 Å². The number of benzene rings is 2. The van der Waals surface area contributed by atoms with Gasteiger partial charge in [-0.05, 0) is 55.3 Å². The van der Waals surface area contributed by atoms with Crippen molar-refractivity contribution in [3.8, 4) is 11.5 Å². The smallest absolute Gasteiger partial charge is 0.255 e. The molecule has 1 fully saturated rings. The first-order chi connectivity index (χ1) is 13.5. The number of sulfonamides is 1. The molecule has 1 N–H and O–H groups in total. The summed E-state index contributed by atoms with van der Waals surface area (Å²) in [6, 6.07) is 13.0. The third-order valence-electron chi connectivity index (χ3n) is 4.55. The normalized spacial score (nSPS) is 14.9. The molecule has 3 aromatic rings. The number of anilines is 1. The summed E-state index contributed by atoms with van der Waals surface area (Å²) in [6.45, 7) is 1.09. The van der Waals surface area contributed by atoms with Crippen molar-refractivity contribution >= 4 is 21.6 Å². The van der Waals surface area contributed by atoms with Gasteiger partial charge in [-0.15, -0.1) is 10.2 Å². The Morgan fingerprint density at radius 3 is 2.50 bits per heavy atom. The highest BCUT2D eigenvalue weighted by atomic mass is 32.2. The fourth-order valence-corrected chi connectivity index (χ4v) is 4.60. The lowest BCUT2D eigenvalue weighted by Gasteiger charge is -2.15. The summed E-state index contributed by atoms with van der Waals surface area (Å²) < 4.78 is 31.8. The maximum Gasteiger partial charge on any atom is 0.255 e. The van der Waals surface area contributed by atoms with Crippen molar-refractivity contribution in [1.29, 1.82) is 0 Å². The predicted molar refractivity (Wildman–Crippen MR) is 102 cm³/mol. The molecule has 9 heteroatoms. The molecule has 0 atom stereocenters. The molecule has 0 bridgehead atoms. The minimum atomic E-state index is -3.49. The zero-order valence-corrected chi connectivity index (χ0v) is 15.7.